The van der Waals surface area contributed by atoms with Crippen LogP contribution in [0.2, 0.25) is 0 Å². The van der Waals surface area contributed by atoms with E-state index in [1.54, 1.807) is 24.3 Å². The fraction of sp³-hybridized carbons (Fsp3) is 0.360. The first kappa shape index (κ1) is 25.2. The summed E-state index contributed by atoms with van der Waals surface area (Å²) in [6.07, 6.45) is -0.725. The van der Waals surface area contributed by atoms with E-state index in [2.05, 4.69) is 0 Å². The lowest BCUT2D eigenvalue weighted by atomic mass is 10.1. The van der Waals surface area contributed by atoms with Crippen molar-refractivity contribution < 1.29 is 23.1 Å². The van der Waals surface area contributed by atoms with E-state index in [-0.39, 0.29) is 56.3 Å². The molecule has 2 N–H and O–H groups in total. The molecule has 0 spiro atoms. The number of amides is 1. The number of aromatic nitrogens is 3. The lowest BCUT2D eigenvalue weighted by molar-refractivity contribution is -0.117. The molecule has 200 valence electrons. The highest BCUT2D eigenvalue weighted by Crippen LogP contribution is 2.32. The van der Waals surface area contributed by atoms with E-state index in [0.717, 1.165) is 21.6 Å². The third kappa shape index (κ3) is 4.55. The van der Waals surface area contributed by atoms with Gasteiger partial charge in [-0.15, -0.1) is 0 Å². The van der Waals surface area contributed by atoms with Gasteiger partial charge in [0, 0.05) is 37.3 Å². The molecule has 0 saturated carbocycles. The molecule has 5 rings (SSSR count). The first-order valence-corrected chi connectivity index (χ1v) is 12.1. The number of ether oxygens (including phenoxy) is 1. The Morgan fingerprint density at radius 1 is 0.947 bits per heavy atom. The average Bonchev–Trinajstić information content (AvgIpc) is 3.24. The zero-order valence-corrected chi connectivity index (χ0v) is 20.6. The van der Waals surface area contributed by atoms with E-state index in [4.69, 9.17) is 10.5 Å². The Balaban J connectivity index is 1.36. The monoisotopic (exact) mass is 528 g/mol. The van der Waals surface area contributed by atoms with Crippen molar-refractivity contribution in [1.82, 2.24) is 13.9 Å². The maximum atomic E-state index is 15.2. The summed E-state index contributed by atoms with van der Waals surface area (Å²) >= 11 is 0. The zero-order valence-electron chi connectivity index (χ0n) is 20.6. The van der Waals surface area contributed by atoms with E-state index in [1.807, 2.05) is 0 Å². The molecule has 0 bridgehead atoms. The minimum absolute atomic E-state index is 0.00256. The van der Waals surface area contributed by atoms with Gasteiger partial charge >= 0.3 is 17.5 Å². The van der Waals surface area contributed by atoms with Crippen molar-refractivity contribution in [2.24, 2.45) is 0 Å². The largest absolute Gasteiger partial charge is 0.444 e. The van der Waals surface area contributed by atoms with Gasteiger partial charge in [-0.05, 0) is 37.6 Å². The van der Waals surface area contributed by atoms with Crippen LogP contribution in [0.25, 0.3) is 5.69 Å². The van der Waals surface area contributed by atoms with E-state index < -0.39 is 35.2 Å². The molecule has 13 heteroatoms. The van der Waals surface area contributed by atoms with Crippen molar-refractivity contribution in [2.45, 2.75) is 39.0 Å². The summed E-state index contributed by atoms with van der Waals surface area (Å²) in [5.41, 5.74) is 5.11. The standard InChI is InChI=1S/C25H26F2N6O5/c1-15(34)2-7-19-14-30(25(37)38-19)18-12-20(26)22(21(27)13-18)29-8-10-31-23(35)33(24(36)32(31)11-9-29)17-5-3-16(28)4-6-17/h3-6,12-13,19H,2,7-11,14,28H2,1H3/t19-/m0/s1. The number of carbonyl (C=O) groups excluding carboxylic acids is 2. The van der Waals surface area contributed by atoms with E-state index >= 15 is 8.78 Å². The first-order valence-electron chi connectivity index (χ1n) is 12.1. The number of fused-ring (bicyclic) bond motifs is 1. The summed E-state index contributed by atoms with van der Waals surface area (Å²) in [6, 6.07) is 8.41. The number of Topliss-reactive ketones (excluding diaryl/α,β-unsaturated/α-hetero) is 1. The average molecular weight is 529 g/mol. The van der Waals surface area contributed by atoms with Gasteiger partial charge in [0.25, 0.3) is 0 Å². The Hall–Kier alpha value is -4.42. The molecule has 1 fully saturated rings. The highest BCUT2D eigenvalue weighted by molar-refractivity contribution is 5.90. The molecule has 1 saturated heterocycles. The van der Waals surface area contributed by atoms with Crippen LogP contribution in [0.5, 0.6) is 0 Å². The molecular formula is C25H26F2N6O5. The third-order valence-corrected chi connectivity index (χ3v) is 6.75. The second kappa shape index (κ2) is 9.80. The molecule has 2 aliphatic rings. The number of ketones is 1. The molecule has 11 nitrogen and oxygen atoms in total. The number of hydrogen-bond acceptors (Lipinski definition) is 7. The predicted octanol–water partition coefficient (Wildman–Crippen LogP) is 1.88. The summed E-state index contributed by atoms with van der Waals surface area (Å²) in [7, 11) is 0. The number of halogens is 2. The normalized spacial score (nSPS) is 17.3. The van der Waals surface area contributed by atoms with Crippen molar-refractivity contribution in [3.63, 3.8) is 0 Å². The quantitative estimate of drug-likeness (QED) is 0.485. The first-order chi connectivity index (χ1) is 18.1. The summed E-state index contributed by atoms with van der Waals surface area (Å²) in [5, 5.41) is 0. The van der Waals surface area contributed by atoms with E-state index in [9.17, 15) is 19.2 Å². The van der Waals surface area contributed by atoms with Crippen LogP contribution in [-0.2, 0) is 22.6 Å². The second-order valence-electron chi connectivity index (χ2n) is 9.34. The molecule has 1 aromatic heterocycles. The summed E-state index contributed by atoms with van der Waals surface area (Å²) in [5.74, 6) is -1.83. The third-order valence-electron chi connectivity index (χ3n) is 6.75. The SMILES string of the molecule is CC(=O)CC[C@H]1CN(c2cc(F)c(N3CCn4c(=O)n(-c5ccc(N)cc5)c(=O)n4CC3)c(F)c2)C(=O)O1. The van der Waals surface area contributed by atoms with Crippen LogP contribution in [0, 0.1) is 11.6 Å². The van der Waals surface area contributed by atoms with Crippen molar-refractivity contribution in [3.05, 3.63) is 69.0 Å². The number of anilines is 3. The highest BCUT2D eigenvalue weighted by Gasteiger charge is 2.34. The van der Waals surface area contributed by atoms with Gasteiger partial charge in [0.15, 0.2) is 11.6 Å². The van der Waals surface area contributed by atoms with E-state index in [0.29, 0.717) is 17.8 Å². The van der Waals surface area contributed by atoms with E-state index in [1.165, 1.54) is 21.2 Å². The van der Waals surface area contributed by atoms with Gasteiger partial charge < -0.3 is 20.2 Å². The number of cyclic esters (lactones) is 1. The van der Waals surface area contributed by atoms with Crippen molar-refractivity contribution in [2.75, 3.05) is 35.2 Å². The van der Waals surface area contributed by atoms with Crippen molar-refractivity contribution in [1.29, 1.82) is 0 Å². The number of rotatable bonds is 6. The summed E-state index contributed by atoms with van der Waals surface area (Å²) in [6.45, 7) is 1.69. The van der Waals surface area contributed by atoms with Crippen LogP contribution in [0.3, 0.4) is 0 Å². The Kier molecular flexibility index (Phi) is 6.51. The molecule has 3 aromatic rings. The van der Waals surface area contributed by atoms with Gasteiger partial charge in [-0.25, -0.2) is 37.1 Å². The lowest BCUT2D eigenvalue weighted by Gasteiger charge is -2.24. The number of nitrogen functional groups attached to an aromatic ring is 1. The fourth-order valence-corrected chi connectivity index (χ4v) is 4.82. The molecule has 2 aliphatic heterocycles. The molecule has 1 atom stereocenters. The van der Waals surface area contributed by atoms with Crippen LogP contribution in [-0.4, -0.2) is 51.5 Å². The Bertz CT molecular complexity index is 1460. The molecular weight excluding hydrogens is 502 g/mol. The number of benzene rings is 2. The van der Waals surface area contributed by atoms with Gasteiger partial charge in [-0.2, -0.15) is 0 Å². The number of hydrogen-bond donors (Lipinski definition) is 1. The van der Waals surface area contributed by atoms with Gasteiger partial charge in [0.2, 0.25) is 0 Å². The van der Waals surface area contributed by atoms with Crippen LogP contribution >= 0.6 is 0 Å². The van der Waals surface area contributed by atoms with Crippen LogP contribution in [0.1, 0.15) is 19.8 Å². The maximum absolute atomic E-state index is 15.2. The van der Waals surface area contributed by atoms with Gasteiger partial charge in [-0.3, -0.25) is 4.90 Å². The minimum atomic E-state index is -0.891. The van der Waals surface area contributed by atoms with Gasteiger partial charge in [0.1, 0.15) is 17.6 Å². The highest BCUT2D eigenvalue weighted by atomic mass is 19.1. The van der Waals surface area contributed by atoms with Gasteiger partial charge in [-0.1, -0.05) is 0 Å². The van der Waals surface area contributed by atoms with Crippen LogP contribution in [0.4, 0.5) is 30.6 Å². The fourth-order valence-electron chi connectivity index (χ4n) is 4.82. The minimum Gasteiger partial charge on any atom is -0.444 e. The molecule has 0 unspecified atom stereocenters. The number of nitrogens with zero attached hydrogens (tertiary/aromatic N) is 5. The Morgan fingerprint density at radius 2 is 1.53 bits per heavy atom. The molecule has 38 heavy (non-hydrogen) atoms. The summed E-state index contributed by atoms with van der Waals surface area (Å²) in [4.78, 5) is 52.1. The second-order valence-corrected chi connectivity index (χ2v) is 9.34. The zero-order chi connectivity index (χ0) is 27.1. The Labute approximate surface area is 215 Å². The molecule has 0 aliphatic carbocycles. The van der Waals surface area contributed by atoms with Crippen molar-refractivity contribution in [3.8, 4) is 5.69 Å². The topological polar surface area (TPSA) is 125 Å². The smallest absolute Gasteiger partial charge is 0.414 e. The molecule has 2 aromatic carbocycles. The molecule has 0 radical (unpaired) electrons. The molecule has 3 heterocycles. The van der Waals surface area contributed by atoms with Gasteiger partial charge in [0.05, 0.1) is 31.0 Å². The number of carbonyl (C=O) groups is 2. The maximum Gasteiger partial charge on any atom is 0.414 e. The summed E-state index contributed by atoms with van der Waals surface area (Å²) < 4.78 is 39.2. The number of nitrogens with two attached hydrogens (primary N) is 1. The van der Waals surface area contributed by atoms with Crippen molar-refractivity contribution >= 4 is 28.9 Å². The van der Waals surface area contributed by atoms with Crippen LogP contribution < -0.4 is 26.9 Å². The predicted molar refractivity (Wildman–Crippen MR) is 135 cm³/mol. The molecule has 1 amide bonds. The Morgan fingerprint density at radius 3 is 2.08 bits per heavy atom. The lowest BCUT2D eigenvalue weighted by Crippen LogP contribution is -2.33. The van der Waals surface area contributed by atoms with Crippen LogP contribution in [0.15, 0.2) is 46.0 Å².